The molecule has 0 spiro atoms. The fourth-order valence-corrected chi connectivity index (χ4v) is 3.01. The molecule has 0 radical (unpaired) electrons. The maximum atomic E-state index is 12.7. The Hall–Kier alpha value is -3.62. The number of carbonyl (C=O) groups excluding carboxylic acids is 1. The third-order valence-corrected chi connectivity index (χ3v) is 4.34. The van der Waals surface area contributed by atoms with Crippen molar-refractivity contribution in [2.24, 2.45) is 0 Å². The highest BCUT2D eigenvalue weighted by Gasteiger charge is 2.19. The number of alkyl halides is 2. The molecular formula is C20H17F2N3O4. The van der Waals surface area contributed by atoms with E-state index in [4.69, 9.17) is 9.47 Å². The number of aromatic nitrogens is 2. The summed E-state index contributed by atoms with van der Waals surface area (Å²) < 4.78 is 40.7. The molecule has 0 atom stereocenters. The lowest BCUT2D eigenvalue weighted by Gasteiger charge is -2.18. The molecule has 150 valence electrons. The minimum atomic E-state index is -2.94. The van der Waals surface area contributed by atoms with Crippen molar-refractivity contribution in [2.75, 3.05) is 13.2 Å². The van der Waals surface area contributed by atoms with Crippen LogP contribution in [0, 0.1) is 0 Å². The number of amides is 1. The van der Waals surface area contributed by atoms with Crippen LogP contribution in [0.25, 0.3) is 11.3 Å². The predicted molar refractivity (Wildman–Crippen MR) is 99.3 cm³/mol. The van der Waals surface area contributed by atoms with Crippen molar-refractivity contribution in [1.29, 1.82) is 0 Å². The van der Waals surface area contributed by atoms with E-state index >= 15 is 0 Å². The molecule has 0 unspecified atom stereocenters. The van der Waals surface area contributed by atoms with Crippen LogP contribution in [0.4, 0.5) is 8.78 Å². The molecule has 1 aliphatic heterocycles. The van der Waals surface area contributed by atoms with Gasteiger partial charge in [0.15, 0.2) is 11.5 Å². The van der Waals surface area contributed by atoms with Crippen LogP contribution < -0.4 is 19.5 Å². The summed E-state index contributed by atoms with van der Waals surface area (Å²) >= 11 is 0. The van der Waals surface area contributed by atoms with E-state index < -0.39 is 12.5 Å². The Morgan fingerprint density at radius 1 is 1.17 bits per heavy atom. The van der Waals surface area contributed by atoms with Crippen LogP contribution in [0.3, 0.4) is 0 Å². The topological polar surface area (TPSA) is 85.5 Å². The van der Waals surface area contributed by atoms with Gasteiger partial charge in [-0.05, 0) is 24.3 Å². The molecule has 1 aliphatic rings. The Kier molecular flexibility index (Phi) is 5.28. The second-order valence-electron chi connectivity index (χ2n) is 6.19. The van der Waals surface area contributed by atoms with Crippen LogP contribution in [-0.4, -0.2) is 35.9 Å². The molecular weight excluding hydrogens is 384 g/mol. The van der Waals surface area contributed by atoms with Gasteiger partial charge in [-0.15, -0.1) is 0 Å². The highest BCUT2D eigenvalue weighted by molar-refractivity contribution is 5.99. The normalized spacial score (nSPS) is 12.7. The molecule has 3 aromatic rings. The van der Waals surface area contributed by atoms with Gasteiger partial charge < -0.3 is 19.5 Å². The third-order valence-electron chi connectivity index (χ3n) is 4.34. The van der Waals surface area contributed by atoms with Gasteiger partial charge in [0.25, 0.3) is 5.91 Å². The molecule has 1 amide bonds. The quantitative estimate of drug-likeness (QED) is 0.662. The number of ether oxygens (including phenoxy) is 3. The van der Waals surface area contributed by atoms with Crippen molar-refractivity contribution in [3.05, 3.63) is 59.8 Å². The number of hydrogen-bond acceptors (Lipinski definition) is 5. The highest BCUT2D eigenvalue weighted by atomic mass is 19.3. The van der Waals surface area contributed by atoms with Gasteiger partial charge in [0.05, 0.1) is 17.5 Å². The summed E-state index contributed by atoms with van der Waals surface area (Å²) in [5, 5.41) is 9.48. The van der Waals surface area contributed by atoms with Gasteiger partial charge in [-0.25, -0.2) is 0 Å². The van der Waals surface area contributed by atoms with Crippen molar-refractivity contribution in [3.63, 3.8) is 0 Å². The molecule has 7 nitrogen and oxygen atoms in total. The second-order valence-corrected chi connectivity index (χ2v) is 6.19. The second kappa shape index (κ2) is 8.17. The summed E-state index contributed by atoms with van der Waals surface area (Å²) in [5.74, 6) is 0.839. The third kappa shape index (κ3) is 4.13. The molecule has 0 fully saturated rings. The van der Waals surface area contributed by atoms with Gasteiger partial charge in [0, 0.05) is 17.7 Å². The van der Waals surface area contributed by atoms with E-state index in [1.165, 1.54) is 12.3 Å². The van der Waals surface area contributed by atoms with Gasteiger partial charge in [0.1, 0.15) is 19.0 Å². The Balaban J connectivity index is 1.51. The van der Waals surface area contributed by atoms with Crippen molar-refractivity contribution < 1.29 is 27.8 Å². The van der Waals surface area contributed by atoms with Crippen LogP contribution in [-0.2, 0) is 6.54 Å². The molecule has 0 saturated heterocycles. The average Bonchev–Trinajstić information content (AvgIpc) is 3.22. The highest BCUT2D eigenvalue weighted by Crippen LogP contribution is 2.34. The van der Waals surface area contributed by atoms with Crippen molar-refractivity contribution in [3.8, 4) is 28.5 Å². The van der Waals surface area contributed by atoms with Crippen molar-refractivity contribution >= 4 is 5.91 Å². The minimum Gasteiger partial charge on any atom is -0.486 e. The zero-order chi connectivity index (χ0) is 20.2. The number of rotatable bonds is 6. The smallest absolute Gasteiger partial charge is 0.387 e. The number of hydrogen-bond donors (Lipinski definition) is 2. The first-order chi connectivity index (χ1) is 14.1. The van der Waals surface area contributed by atoms with E-state index in [1.54, 1.807) is 36.4 Å². The Morgan fingerprint density at radius 2 is 1.97 bits per heavy atom. The van der Waals surface area contributed by atoms with E-state index in [9.17, 15) is 13.6 Å². The Labute approximate surface area is 164 Å². The fraction of sp³-hybridized carbons (Fsp3) is 0.200. The molecule has 2 N–H and O–H groups in total. The molecule has 9 heteroatoms. The summed E-state index contributed by atoms with van der Waals surface area (Å²) in [6.45, 7) is -1.98. The summed E-state index contributed by atoms with van der Waals surface area (Å²) in [7, 11) is 0. The molecule has 0 saturated carbocycles. The van der Waals surface area contributed by atoms with Crippen LogP contribution >= 0.6 is 0 Å². The largest absolute Gasteiger partial charge is 0.486 e. The zero-order valence-corrected chi connectivity index (χ0v) is 15.2. The van der Waals surface area contributed by atoms with E-state index in [0.29, 0.717) is 47.1 Å². The number of nitrogens with one attached hydrogen (secondary N) is 2. The van der Waals surface area contributed by atoms with Crippen LogP contribution in [0.15, 0.2) is 48.7 Å². The lowest BCUT2D eigenvalue weighted by molar-refractivity contribution is -0.0504. The van der Waals surface area contributed by atoms with Gasteiger partial charge in [0.2, 0.25) is 0 Å². The predicted octanol–water partition coefficient (Wildman–Crippen LogP) is 3.38. The molecule has 0 bridgehead atoms. The number of benzene rings is 2. The van der Waals surface area contributed by atoms with Gasteiger partial charge in [-0.3, -0.25) is 9.89 Å². The van der Waals surface area contributed by atoms with E-state index in [-0.39, 0.29) is 12.3 Å². The monoisotopic (exact) mass is 401 g/mol. The van der Waals surface area contributed by atoms with Crippen molar-refractivity contribution in [2.45, 2.75) is 13.2 Å². The Bertz CT molecular complexity index is 1020. The SMILES string of the molecule is O=C(NCc1ccccc1OC(F)F)c1cn[nH]c1-c1ccc2c(c1)OCCO2. The van der Waals surface area contributed by atoms with Gasteiger partial charge in [-0.2, -0.15) is 13.9 Å². The molecule has 0 aliphatic carbocycles. The molecule has 29 heavy (non-hydrogen) atoms. The van der Waals surface area contributed by atoms with E-state index in [2.05, 4.69) is 20.3 Å². The van der Waals surface area contributed by atoms with Gasteiger partial charge >= 0.3 is 6.61 Å². The minimum absolute atomic E-state index is 0.0158. The summed E-state index contributed by atoms with van der Waals surface area (Å²) in [4.78, 5) is 12.7. The van der Waals surface area contributed by atoms with Crippen LogP contribution in [0.1, 0.15) is 15.9 Å². The summed E-state index contributed by atoms with van der Waals surface area (Å²) in [6, 6.07) is 11.6. The fourth-order valence-electron chi connectivity index (χ4n) is 3.01. The number of fused-ring (bicyclic) bond motifs is 1. The first-order valence-corrected chi connectivity index (χ1v) is 8.86. The first kappa shape index (κ1) is 18.7. The number of para-hydroxylation sites is 1. The standard InChI is InChI=1S/C20H17F2N3O4/c21-20(22)29-15-4-2-1-3-13(15)10-23-19(26)14-11-24-25-18(14)12-5-6-16-17(9-12)28-8-7-27-16/h1-6,9,11,20H,7-8,10H2,(H,23,26)(H,24,25). The summed E-state index contributed by atoms with van der Waals surface area (Å²) in [6.07, 6.45) is 1.41. The molecule has 4 rings (SSSR count). The number of H-pyrrole nitrogens is 1. The molecule has 2 heterocycles. The lowest BCUT2D eigenvalue weighted by atomic mass is 10.1. The summed E-state index contributed by atoms with van der Waals surface area (Å²) in [5.41, 5.74) is 1.97. The molecule has 2 aromatic carbocycles. The lowest BCUT2D eigenvalue weighted by Crippen LogP contribution is -2.23. The van der Waals surface area contributed by atoms with Crippen LogP contribution in [0.5, 0.6) is 17.2 Å². The maximum absolute atomic E-state index is 12.7. The number of halogens is 2. The van der Waals surface area contributed by atoms with Crippen molar-refractivity contribution in [1.82, 2.24) is 15.5 Å². The number of carbonyl (C=O) groups is 1. The number of nitrogens with zero attached hydrogens (tertiary/aromatic N) is 1. The average molecular weight is 401 g/mol. The van der Waals surface area contributed by atoms with E-state index in [1.807, 2.05) is 0 Å². The zero-order valence-electron chi connectivity index (χ0n) is 15.2. The van der Waals surface area contributed by atoms with Crippen LogP contribution in [0.2, 0.25) is 0 Å². The maximum Gasteiger partial charge on any atom is 0.387 e. The number of aromatic amines is 1. The first-order valence-electron chi connectivity index (χ1n) is 8.86. The molecule has 1 aromatic heterocycles. The Morgan fingerprint density at radius 3 is 2.79 bits per heavy atom. The van der Waals surface area contributed by atoms with E-state index in [0.717, 1.165) is 0 Å². The van der Waals surface area contributed by atoms with Gasteiger partial charge in [-0.1, -0.05) is 18.2 Å².